The molecule has 0 bridgehead atoms. The summed E-state index contributed by atoms with van der Waals surface area (Å²) in [6.45, 7) is 0. The summed E-state index contributed by atoms with van der Waals surface area (Å²) in [5.74, 6) is 0. The SMILES string of the molecule is c1cc(N(c2ccc(-c3ccc(N(C4CCCCC4)C4CCCCC4)cc3)cc2)C2CCCCC2)ccc1-c1ccc(N(C2CCCCC2)C2CCCCC2)cc1. The molecule has 0 unspecified atom stereocenters. The molecule has 0 aromatic heterocycles. The zero-order chi connectivity index (χ0) is 38.2. The van der Waals surface area contributed by atoms with Crippen LogP contribution in [0.3, 0.4) is 0 Å². The lowest BCUT2D eigenvalue weighted by Crippen LogP contribution is -2.45. The van der Waals surface area contributed by atoms with Gasteiger partial charge in [0.15, 0.2) is 0 Å². The van der Waals surface area contributed by atoms with Crippen molar-refractivity contribution in [2.24, 2.45) is 0 Å². The van der Waals surface area contributed by atoms with Crippen LogP contribution < -0.4 is 14.7 Å². The highest BCUT2D eigenvalue weighted by Crippen LogP contribution is 2.40. The second-order valence-corrected chi connectivity index (χ2v) is 18.8. The molecule has 0 spiro atoms. The van der Waals surface area contributed by atoms with Crippen molar-refractivity contribution in [3.05, 3.63) is 97.1 Å². The largest absolute Gasteiger partial charge is 0.366 e. The Morgan fingerprint density at radius 2 is 0.439 bits per heavy atom. The van der Waals surface area contributed by atoms with Crippen molar-refractivity contribution in [3.63, 3.8) is 0 Å². The smallest absolute Gasteiger partial charge is 0.0413 e. The van der Waals surface area contributed by atoms with E-state index >= 15 is 0 Å². The summed E-state index contributed by atoms with van der Waals surface area (Å²) < 4.78 is 0. The van der Waals surface area contributed by atoms with Gasteiger partial charge in [0, 0.05) is 53.0 Å². The van der Waals surface area contributed by atoms with Gasteiger partial charge in [-0.2, -0.15) is 0 Å². The van der Waals surface area contributed by atoms with E-state index in [1.807, 2.05) is 0 Å². The van der Waals surface area contributed by atoms with Crippen LogP contribution >= 0.6 is 0 Å². The van der Waals surface area contributed by atoms with Crippen LogP contribution in [0, 0.1) is 0 Å². The first-order valence-corrected chi connectivity index (χ1v) is 24.1. The molecule has 0 aliphatic heterocycles. The van der Waals surface area contributed by atoms with Crippen molar-refractivity contribution in [1.82, 2.24) is 0 Å². The summed E-state index contributed by atoms with van der Waals surface area (Å²) in [5, 5.41) is 0. The molecule has 3 nitrogen and oxygen atoms in total. The Morgan fingerprint density at radius 1 is 0.228 bits per heavy atom. The van der Waals surface area contributed by atoms with E-state index in [-0.39, 0.29) is 0 Å². The Hall–Kier alpha value is -3.72. The lowest BCUT2D eigenvalue weighted by atomic mass is 9.88. The summed E-state index contributed by atoms with van der Waals surface area (Å²) in [6, 6.07) is 41.9. The van der Waals surface area contributed by atoms with Gasteiger partial charge in [-0.25, -0.2) is 0 Å². The van der Waals surface area contributed by atoms with E-state index in [9.17, 15) is 0 Å². The molecule has 302 valence electrons. The maximum absolute atomic E-state index is 2.87. The number of nitrogens with zero attached hydrogens (tertiary/aromatic N) is 3. The molecule has 0 amide bonds. The molecule has 4 aromatic rings. The molecule has 57 heavy (non-hydrogen) atoms. The number of benzene rings is 4. The first-order valence-electron chi connectivity index (χ1n) is 24.1. The molecule has 5 aliphatic carbocycles. The molecular weight excluding hydrogens is 691 g/mol. The van der Waals surface area contributed by atoms with Gasteiger partial charge in [-0.1, -0.05) is 145 Å². The van der Waals surface area contributed by atoms with E-state index in [0.717, 1.165) is 24.2 Å². The van der Waals surface area contributed by atoms with Gasteiger partial charge in [-0.3, -0.25) is 0 Å². The molecule has 5 fully saturated rings. The molecule has 0 saturated heterocycles. The van der Waals surface area contributed by atoms with Crippen molar-refractivity contribution in [2.45, 2.75) is 191 Å². The fraction of sp³-hybridized carbons (Fsp3) is 0.556. The number of hydrogen-bond donors (Lipinski definition) is 0. The first-order chi connectivity index (χ1) is 28.3. The fourth-order valence-electron chi connectivity index (χ4n) is 12.1. The zero-order valence-corrected chi connectivity index (χ0v) is 35.1. The Labute approximate surface area is 346 Å². The summed E-state index contributed by atoms with van der Waals surface area (Å²) in [5.41, 5.74) is 10.9. The Kier molecular flexibility index (Phi) is 12.9. The fourth-order valence-corrected chi connectivity index (χ4v) is 12.1. The Balaban J connectivity index is 0.922. The van der Waals surface area contributed by atoms with Gasteiger partial charge in [0.05, 0.1) is 0 Å². The lowest BCUT2D eigenvalue weighted by molar-refractivity contribution is 0.340. The van der Waals surface area contributed by atoms with E-state index in [4.69, 9.17) is 0 Å². The second kappa shape index (κ2) is 18.9. The minimum Gasteiger partial charge on any atom is -0.366 e. The average molecular weight is 762 g/mol. The molecule has 0 N–H and O–H groups in total. The van der Waals surface area contributed by atoms with E-state index < -0.39 is 0 Å². The van der Waals surface area contributed by atoms with Crippen LogP contribution in [0.4, 0.5) is 22.7 Å². The highest BCUT2D eigenvalue weighted by Gasteiger charge is 2.31. The standard InChI is InChI=1S/C54H71N3/c1-6-16-46(17-7-1)55(47-18-8-2-9-19-47)51-34-26-42(27-35-51)44-30-38-53(39-31-44)57(50-24-14-5-15-25-50)54-40-32-45(33-41-54)43-28-36-52(37-29-43)56(48-20-10-3-11-21-48)49-22-12-4-13-23-49/h26-41,46-50H,1-25H2. The summed E-state index contributed by atoms with van der Waals surface area (Å²) >= 11 is 0. The maximum Gasteiger partial charge on any atom is 0.0413 e. The second-order valence-electron chi connectivity index (χ2n) is 18.8. The van der Waals surface area contributed by atoms with Crippen LogP contribution in [0.5, 0.6) is 0 Å². The van der Waals surface area contributed by atoms with Gasteiger partial charge >= 0.3 is 0 Å². The third kappa shape index (κ3) is 9.14. The van der Waals surface area contributed by atoms with E-state index in [0.29, 0.717) is 6.04 Å². The minimum absolute atomic E-state index is 0.546. The third-order valence-electron chi connectivity index (χ3n) is 15.1. The van der Waals surface area contributed by atoms with Crippen LogP contribution in [-0.4, -0.2) is 30.2 Å². The molecule has 0 atom stereocenters. The third-order valence-corrected chi connectivity index (χ3v) is 15.1. The van der Waals surface area contributed by atoms with Gasteiger partial charge in [0.1, 0.15) is 0 Å². The van der Waals surface area contributed by atoms with Crippen LogP contribution in [0.15, 0.2) is 97.1 Å². The van der Waals surface area contributed by atoms with Crippen molar-refractivity contribution >= 4 is 22.7 Å². The highest BCUT2D eigenvalue weighted by atomic mass is 15.2. The predicted molar refractivity (Wildman–Crippen MR) is 245 cm³/mol. The minimum atomic E-state index is 0.546. The van der Waals surface area contributed by atoms with Crippen LogP contribution in [0.25, 0.3) is 22.3 Å². The van der Waals surface area contributed by atoms with Gasteiger partial charge in [0.2, 0.25) is 0 Å². The summed E-state index contributed by atoms with van der Waals surface area (Å²) in [4.78, 5) is 8.41. The monoisotopic (exact) mass is 762 g/mol. The van der Waals surface area contributed by atoms with Gasteiger partial charge in [0.25, 0.3) is 0 Å². The van der Waals surface area contributed by atoms with Crippen LogP contribution in [-0.2, 0) is 0 Å². The van der Waals surface area contributed by atoms with Crippen LogP contribution in [0.1, 0.15) is 161 Å². The topological polar surface area (TPSA) is 9.72 Å². The molecule has 4 aromatic carbocycles. The number of rotatable bonds is 11. The molecular formula is C54H71N3. The quantitative estimate of drug-likeness (QED) is 0.151. The summed E-state index contributed by atoms with van der Waals surface area (Å²) in [7, 11) is 0. The van der Waals surface area contributed by atoms with E-state index in [1.54, 1.807) is 0 Å². The van der Waals surface area contributed by atoms with E-state index in [1.165, 1.54) is 206 Å². The van der Waals surface area contributed by atoms with Crippen molar-refractivity contribution in [3.8, 4) is 22.3 Å². The summed E-state index contributed by atoms with van der Waals surface area (Å²) in [6.07, 6.45) is 34.3. The molecule has 5 aliphatic rings. The van der Waals surface area contributed by atoms with Gasteiger partial charge < -0.3 is 14.7 Å². The Morgan fingerprint density at radius 3 is 0.684 bits per heavy atom. The average Bonchev–Trinajstić information content (AvgIpc) is 3.30. The van der Waals surface area contributed by atoms with E-state index in [2.05, 4.69) is 112 Å². The lowest BCUT2D eigenvalue weighted by Gasteiger charge is -2.43. The van der Waals surface area contributed by atoms with Gasteiger partial charge in [-0.05, 0) is 135 Å². The maximum atomic E-state index is 2.87. The molecule has 3 heteroatoms. The molecule has 0 radical (unpaired) electrons. The van der Waals surface area contributed by atoms with Crippen molar-refractivity contribution in [2.75, 3.05) is 14.7 Å². The van der Waals surface area contributed by atoms with Crippen molar-refractivity contribution in [1.29, 1.82) is 0 Å². The zero-order valence-electron chi connectivity index (χ0n) is 35.1. The molecule has 0 heterocycles. The van der Waals surface area contributed by atoms with Crippen LogP contribution in [0.2, 0.25) is 0 Å². The number of hydrogen-bond acceptors (Lipinski definition) is 3. The van der Waals surface area contributed by atoms with Crippen molar-refractivity contribution < 1.29 is 0 Å². The molecule has 5 saturated carbocycles. The molecule has 9 rings (SSSR count). The van der Waals surface area contributed by atoms with Gasteiger partial charge in [-0.15, -0.1) is 0 Å². The number of anilines is 4. The highest BCUT2D eigenvalue weighted by molar-refractivity contribution is 5.74. The normalized spacial score (nSPS) is 21.0. The Bertz CT molecular complexity index is 1620. The first kappa shape index (κ1) is 38.8. The predicted octanol–water partition coefficient (Wildman–Crippen LogP) is 15.4.